The Morgan fingerprint density at radius 1 is 1.44 bits per heavy atom. The molecule has 0 radical (unpaired) electrons. The van der Waals surface area contributed by atoms with Gasteiger partial charge in [-0.2, -0.15) is 4.98 Å². The molecule has 3 aromatic rings. The molecule has 0 saturated heterocycles. The molecule has 0 aliphatic rings. The number of pyridine rings is 1. The number of hydrogen-bond donors (Lipinski definition) is 1. The van der Waals surface area contributed by atoms with Crippen molar-refractivity contribution in [3.63, 3.8) is 0 Å². The Hall–Kier alpha value is -1.95. The zero-order valence-electron chi connectivity index (χ0n) is 10.00. The molecule has 0 saturated carbocycles. The van der Waals surface area contributed by atoms with Crippen molar-refractivity contribution in [2.45, 2.75) is 13.3 Å². The number of hydrogen-bond acceptors (Lipinski definition) is 5. The van der Waals surface area contributed by atoms with Gasteiger partial charge in [0.15, 0.2) is 5.65 Å². The van der Waals surface area contributed by atoms with E-state index in [1.807, 2.05) is 36.8 Å². The predicted octanol–water partition coefficient (Wildman–Crippen LogP) is 2.15. The molecular weight excluding hydrogens is 246 g/mol. The van der Waals surface area contributed by atoms with Crippen molar-refractivity contribution in [2.24, 2.45) is 0 Å². The summed E-state index contributed by atoms with van der Waals surface area (Å²) in [5, 5.41) is 10.7. The molecule has 0 amide bonds. The van der Waals surface area contributed by atoms with E-state index in [-0.39, 0.29) is 0 Å². The second kappa shape index (κ2) is 4.73. The normalized spacial score (nSPS) is 10.9. The van der Waals surface area contributed by atoms with Gasteiger partial charge in [0.25, 0.3) is 0 Å². The molecule has 3 rings (SSSR count). The Kier molecular flexibility index (Phi) is 2.93. The van der Waals surface area contributed by atoms with Gasteiger partial charge in [-0.25, -0.2) is 9.50 Å². The number of anilines is 1. The Bertz CT molecular complexity index is 644. The van der Waals surface area contributed by atoms with Crippen LogP contribution in [0.15, 0.2) is 29.9 Å². The minimum atomic E-state index is 0.664. The monoisotopic (exact) mass is 259 g/mol. The summed E-state index contributed by atoms with van der Waals surface area (Å²) in [6.07, 6.45) is 4.64. The van der Waals surface area contributed by atoms with Crippen molar-refractivity contribution >= 4 is 22.9 Å². The highest BCUT2D eigenvalue weighted by Gasteiger charge is 2.03. The minimum Gasteiger partial charge on any atom is -0.352 e. The molecule has 0 bridgehead atoms. The van der Waals surface area contributed by atoms with Crippen LogP contribution >= 0.6 is 11.3 Å². The van der Waals surface area contributed by atoms with Gasteiger partial charge in [0.1, 0.15) is 0 Å². The van der Waals surface area contributed by atoms with E-state index in [4.69, 9.17) is 0 Å². The zero-order valence-corrected chi connectivity index (χ0v) is 10.8. The maximum Gasteiger partial charge on any atom is 0.243 e. The molecule has 0 fully saturated rings. The van der Waals surface area contributed by atoms with Crippen LogP contribution in [-0.2, 0) is 6.42 Å². The van der Waals surface area contributed by atoms with Gasteiger partial charge in [0, 0.05) is 30.7 Å². The maximum absolute atomic E-state index is 4.42. The quantitative estimate of drug-likeness (QED) is 0.780. The van der Waals surface area contributed by atoms with Crippen molar-refractivity contribution in [3.8, 4) is 0 Å². The average molecular weight is 259 g/mol. The van der Waals surface area contributed by atoms with E-state index in [2.05, 4.69) is 20.4 Å². The Balaban J connectivity index is 1.67. The second-order valence-corrected chi connectivity index (χ2v) is 5.02. The van der Waals surface area contributed by atoms with Crippen molar-refractivity contribution < 1.29 is 0 Å². The fourth-order valence-electron chi connectivity index (χ4n) is 1.72. The molecule has 0 atom stereocenters. The summed E-state index contributed by atoms with van der Waals surface area (Å²) in [6, 6.07) is 4.03. The third-order valence-electron chi connectivity index (χ3n) is 2.60. The number of aryl methyl sites for hydroxylation is 1. The molecule has 5 nitrogen and oxygen atoms in total. The zero-order chi connectivity index (χ0) is 12.4. The van der Waals surface area contributed by atoms with Gasteiger partial charge in [-0.15, -0.1) is 16.4 Å². The Labute approximate surface area is 109 Å². The lowest BCUT2D eigenvalue weighted by atomic mass is 10.3. The van der Waals surface area contributed by atoms with Crippen LogP contribution in [0.1, 0.15) is 10.6 Å². The SMILES string of the molecule is Cc1ccn2nc(NCCc3nccs3)nc2c1. The smallest absolute Gasteiger partial charge is 0.243 e. The summed E-state index contributed by atoms with van der Waals surface area (Å²) in [5.41, 5.74) is 2.05. The number of aromatic nitrogens is 4. The highest BCUT2D eigenvalue weighted by molar-refractivity contribution is 7.09. The summed E-state index contributed by atoms with van der Waals surface area (Å²) in [5.74, 6) is 0.664. The molecule has 18 heavy (non-hydrogen) atoms. The van der Waals surface area contributed by atoms with Crippen LogP contribution in [0.3, 0.4) is 0 Å². The van der Waals surface area contributed by atoms with Gasteiger partial charge in [-0.05, 0) is 24.6 Å². The van der Waals surface area contributed by atoms with Crippen LogP contribution in [0.4, 0.5) is 5.95 Å². The lowest BCUT2D eigenvalue weighted by Crippen LogP contribution is -2.06. The number of fused-ring (bicyclic) bond motifs is 1. The first-order chi connectivity index (χ1) is 8.81. The lowest BCUT2D eigenvalue weighted by molar-refractivity contribution is 0.931. The lowest BCUT2D eigenvalue weighted by Gasteiger charge is -1.97. The average Bonchev–Trinajstić information content (AvgIpc) is 2.97. The molecule has 0 aliphatic carbocycles. The number of thiazole rings is 1. The van der Waals surface area contributed by atoms with Crippen molar-refractivity contribution in [1.82, 2.24) is 19.6 Å². The minimum absolute atomic E-state index is 0.664. The molecule has 0 aliphatic heterocycles. The third-order valence-corrected chi connectivity index (χ3v) is 3.44. The van der Waals surface area contributed by atoms with Gasteiger partial charge in [0.2, 0.25) is 5.95 Å². The first-order valence-corrected chi connectivity index (χ1v) is 6.64. The summed E-state index contributed by atoms with van der Waals surface area (Å²) in [4.78, 5) is 8.65. The molecule has 1 N–H and O–H groups in total. The molecule has 6 heteroatoms. The molecular formula is C12H13N5S. The summed E-state index contributed by atoms with van der Waals surface area (Å²) < 4.78 is 1.78. The van der Waals surface area contributed by atoms with Crippen LogP contribution in [0.2, 0.25) is 0 Å². The largest absolute Gasteiger partial charge is 0.352 e. The predicted molar refractivity (Wildman–Crippen MR) is 72.0 cm³/mol. The fourth-order valence-corrected chi connectivity index (χ4v) is 2.34. The number of rotatable bonds is 4. The standard InChI is InChI=1S/C12H13N5S/c1-9-3-6-17-10(8-9)15-12(16-17)14-4-2-11-13-5-7-18-11/h3,5-8H,2,4H2,1H3,(H,14,16). The summed E-state index contributed by atoms with van der Waals surface area (Å²) >= 11 is 1.67. The maximum atomic E-state index is 4.42. The van der Waals surface area contributed by atoms with E-state index in [1.165, 1.54) is 5.56 Å². The van der Waals surface area contributed by atoms with Gasteiger partial charge < -0.3 is 5.32 Å². The van der Waals surface area contributed by atoms with Gasteiger partial charge in [-0.1, -0.05) is 0 Å². The van der Waals surface area contributed by atoms with E-state index in [1.54, 1.807) is 15.9 Å². The van der Waals surface area contributed by atoms with Crippen LogP contribution in [0.5, 0.6) is 0 Å². The van der Waals surface area contributed by atoms with E-state index >= 15 is 0 Å². The summed E-state index contributed by atoms with van der Waals surface area (Å²) in [7, 11) is 0. The molecule has 0 aromatic carbocycles. The van der Waals surface area contributed by atoms with E-state index in [9.17, 15) is 0 Å². The van der Waals surface area contributed by atoms with Crippen LogP contribution in [0.25, 0.3) is 5.65 Å². The van der Waals surface area contributed by atoms with Crippen molar-refractivity contribution in [3.05, 3.63) is 40.5 Å². The molecule has 92 valence electrons. The van der Waals surface area contributed by atoms with Crippen LogP contribution in [0, 0.1) is 6.92 Å². The number of nitrogens with one attached hydrogen (secondary N) is 1. The van der Waals surface area contributed by atoms with E-state index in [0.717, 1.165) is 23.6 Å². The first kappa shape index (κ1) is 11.2. The fraction of sp³-hybridized carbons (Fsp3) is 0.250. The summed E-state index contributed by atoms with van der Waals surface area (Å²) in [6.45, 7) is 2.84. The molecule has 0 spiro atoms. The van der Waals surface area contributed by atoms with E-state index in [0.29, 0.717) is 5.95 Å². The topological polar surface area (TPSA) is 55.1 Å². The highest BCUT2D eigenvalue weighted by Crippen LogP contribution is 2.08. The van der Waals surface area contributed by atoms with Crippen LogP contribution < -0.4 is 5.32 Å². The Morgan fingerprint density at radius 3 is 3.22 bits per heavy atom. The molecule has 3 aromatic heterocycles. The molecule has 3 heterocycles. The van der Waals surface area contributed by atoms with Gasteiger partial charge >= 0.3 is 0 Å². The first-order valence-electron chi connectivity index (χ1n) is 5.76. The number of nitrogens with zero attached hydrogens (tertiary/aromatic N) is 4. The Morgan fingerprint density at radius 2 is 2.39 bits per heavy atom. The van der Waals surface area contributed by atoms with E-state index < -0.39 is 0 Å². The van der Waals surface area contributed by atoms with Gasteiger partial charge in [-0.3, -0.25) is 0 Å². The van der Waals surface area contributed by atoms with Crippen molar-refractivity contribution in [1.29, 1.82) is 0 Å². The highest BCUT2D eigenvalue weighted by atomic mass is 32.1. The second-order valence-electron chi connectivity index (χ2n) is 4.04. The molecule has 0 unspecified atom stereocenters. The van der Waals surface area contributed by atoms with Crippen LogP contribution in [-0.4, -0.2) is 26.1 Å². The third kappa shape index (κ3) is 2.33. The van der Waals surface area contributed by atoms with Crippen molar-refractivity contribution in [2.75, 3.05) is 11.9 Å². The van der Waals surface area contributed by atoms with Gasteiger partial charge in [0.05, 0.1) is 5.01 Å².